The van der Waals surface area contributed by atoms with Gasteiger partial charge in [0.1, 0.15) is 5.54 Å². The number of rotatable bonds is 16. The first kappa shape index (κ1) is 23.4. The number of unbranched alkanes of at least 4 members (excludes halogenated alkanes) is 8. The fourth-order valence-electron chi connectivity index (χ4n) is 4.02. The third kappa shape index (κ3) is 7.80. The molecule has 0 bridgehead atoms. The standard InChI is InChI=1S/C22H38N4O3/c1-3-4-5-6-7-8-9-10-11-12-20(27)25-17(2)13-19-22(26-19,21(28)29)14-18-15-23-16-24-18/h15-17,19,26H,3-14H2,1-2H3,(H,23,24)(H,25,27)(H,28,29)/t17?,19?,22-/m1/s1. The van der Waals surface area contributed by atoms with Crippen LogP contribution in [0, 0.1) is 0 Å². The van der Waals surface area contributed by atoms with E-state index in [-0.39, 0.29) is 18.0 Å². The van der Waals surface area contributed by atoms with E-state index in [0.29, 0.717) is 19.3 Å². The fraction of sp³-hybridized carbons (Fsp3) is 0.773. The number of aliphatic carboxylic acids is 1. The lowest BCUT2D eigenvalue weighted by molar-refractivity contribution is -0.140. The normalized spacial score (nSPS) is 21.7. The van der Waals surface area contributed by atoms with E-state index in [1.165, 1.54) is 44.9 Å². The second-order valence-corrected chi connectivity index (χ2v) is 8.49. The molecule has 1 aromatic heterocycles. The number of aromatic nitrogens is 2. The van der Waals surface area contributed by atoms with Crippen molar-refractivity contribution in [2.75, 3.05) is 0 Å². The molecular formula is C22H38N4O3. The topological polar surface area (TPSA) is 117 Å². The summed E-state index contributed by atoms with van der Waals surface area (Å²) >= 11 is 0. The molecule has 164 valence electrons. The van der Waals surface area contributed by atoms with E-state index in [0.717, 1.165) is 18.5 Å². The van der Waals surface area contributed by atoms with E-state index in [4.69, 9.17) is 0 Å². The van der Waals surface area contributed by atoms with Crippen LogP contribution in [0.15, 0.2) is 12.5 Å². The fourth-order valence-corrected chi connectivity index (χ4v) is 4.02. The zero-order valence-corrected chi connectivity index (χ0v) is 18.0. The minimum Gasteiger partial charge on any atom is -0.480 e. The molecule has 0 radical (unpaired) electrons. The summed E-state index contributed by atoms with van der Waals surface area (Å²) in [5, 5.41) is 15.7. The van der Waals surface area contributed by atoms with E-state index in [9.17, 15) is 14.7 Å². The van der Waals surface area contributed by atoms with Crippen molar-refractivity contribution in [1.82, 2.24) is 20.6 Å². The largest absolute Gasteiger partial charge is 0.480 e. The molecule has 0 saturated carbocycles. The van der Waals surface area contributed by atoms with Crippen LogP contribution >= 0.6 is 0 Å². The number of aromatic amines is 1. The molecule has 2 heterocycles. The van der Waals surface area contributed by atoms with Gasteiger partial charge in [0, 0.05) is 31.1 Å². The number of H-pyrrole nitrogens is 1. The summed E-state index contributed by atoms with van der Waals surface area (Å²) in [6, 6.07) is -0.210. The Morgan fingerprint density at radius 3 is 2.41 bits per heavy atom. The van der Waals surface area contributed by atoms with Crippen molar-refractivity contribution in [3.05, 3.63) is 18.2 Å². The quantitative estimate of drug-likeness (QED) is 0.247. The van der Waals surface area contributed by atoms with E-state index < -0.39 is 11.5 Å². The Bertz CT molecular complexity index is 620. The minimum atomic E-state index is -0.967. The van der Waals surface area contributed by atoms with Crippen LogP contribution < -0.4 is 10.6 Å². The number of carbonyl (C=O) groups is 2. The lowest BCUT2D eigenvalue weighted by Crippen LogP contribution is -2.36. The monoisotopic (exact) mass is 406 g/mol. The number of hydrogen-bond acceptors (Lipinski definition) is 4. The molecule has 2 unspecified atom stereocenters. The number of nitrogens with zero attached hydrogens (tertiary/aromatic N) is 1. The van der Waals surface area contributed by atoms with Crippen molar-refractivity contribution in [3.63, 3.8) is 0 Å². The number of amides is 1. The predicted octanol–water partition coefficient (Wildman–Crippen LogP) is 3.56. The lowest BCUT2D eigenvalue weighted by atomic mass is 9.95. The van der Waals surface area contributed by atoms with Gasteiger partial charge in [0.25, 0.3) is 0 Å². The summed E-state index contributed by atoms with van der Waals surface area (Å²) in [6.07, 6.45) is 15.9. The van der Waals surface area contributed by atoms with Crippen LogP contribution in [-0.2, 0) is 16.0 Å². The third-order valence-corrected chi connectivity index (χ3v) is 5.84. The highest BCUT2D eigenvalue weighted by Crippen LogP contribution is 2.33. The number of imidazole rings is 1. The molecule has 1 aliphatic rings. The summed E-state index contributed by atoms with van der Waals surface area (Å²) in [7, 11) is 0. The molecule has 3 atom stereocenters. The number of carboxylic acids is 1. The van der Waals surface area contributed by atoms with E-state index in [1.807, 2.05) is 6.92 Å². The molecule has 1 aliphatic heterocycles. The average molecular weight is 407 g/mol. The van der Waals surface area contributed by atoms with Gasteiger partial charge in [-0.3, -0.25) is 14.9 Å². The van der Waals surface area contributed by atoms with E-state index >= 15 is 0 Å². The van der Waals surface area contributed by atoms with Crippen LogP contribution in [-0.4, -0.2) is 44.6 Å². The maximum Gasteiger partial charge on any atom is 0.325 e. The molecule has 29 heavy (non-hydrogen) atoms. The Morgan fingerprint density at radius 1 is 1.17 bits per heavy atom. The zero-order chi connectivity index (χ0) is 21.1. The molecule has 2 rings (SSSR count). The van der Waals surface area contributed by atoms with Crippen LogP contribution in [0.25, 0.3) is 0 Å². The SMILES string of the molecule is CCCCCCCCCCCC(=O)NC(C)CC1N[C@@]1(Cc1c[nH]cn1)C(=O)O. The van der Waals surface area contributed by atoms with E-state index in [1.54, 1.807) is 12.5 Å². The number of carboxylic acid groups (broad SMARTS) is 1. The summed E-state index contributed by atoms with van der Waals surface area (Å²) in [4.78, 5) is 30.9. The van der Waals surface area contributed by atoms with Crippen LogP contribution in [0.5, 0.6) is 0 Å². The molecule has 1 saturated heterocycles. The molecule has 4 N–H and O–H groups in total. The number of nitrogens with one attached hydrogen (secondary N) is 3. The number of hydrogen-bond donors (Lipinski definition) is 4. The Hall–Kier alpha value is -1.89. The predicted molar refractivity (Wildman–Crippen MR) is 114 cm³/mol. The van der Waals surface area contributed by atoms with Crippen LogP contribution in [0.1, 0.15) is 90.2 Å². The smallest absolute Gasteiger partial charge is 0.325 e. The summed E-state index contributed by atoms with van der Waals surface area (Å²) in [5.41, 5.74) is -0.241. The zero-order valence-electron chi connectivity index (χ0n) is 18.0. The number of carbonyl (C=O) groups excluding carboxylic acids is 1. The molecule has 0 spiro atoms. The van der Waals surface area contributed by atoms with Gasteiger partial charge in [-0.25, -0.2) is 4.98 Å². The van der Waals surface area contributed by atoms with Crippen molar-refractivity contribution in [1.29, 1.82) is 0 Å². The van der Waals surface area contributed by atoms with Crippen molar-refractivity contribution in [3.8, 4) is 0 Å². The first-order chi connectivity index (χ1) is 14.0. The van der Waals surface area contributed by atoms with Crippen molar-refractivity contribution in [2.45, 2.75) is 109 Å². The highest BCUT2D eigenvalue weighted by Gasteiger charge is 2.60. The first-order valence-electron chi connectivity index (χ1n) is 11.3. The first-order valence-corrected chi connectivity index (χ1v) is 11.3. The summed E-state index contributed by atoms with van der Waals surface area (Å²) in [6.45, 7) is 4.17. The van der Waals surface area contributed by atoms with Gasteiger partial charge in [0.15, 0.2) is 0 Å². The Kier molecular flexibility index (Phi) is 9.64. The molecule has 7 nitrogen and oxygen atoms in total. The Labute approximate surface area is 174 Å². The summed E-state index contributed by atoms with van der Waals surface area (Å²) in [5.74, 6) is -0.798. The van der Waals surface area contributed by atoms with E-state index in [2.05, 4.69) is 27.5 Å². The van der Waals surface area contributed by atoms with Crippen LogP contribution in [0.4, 0.5) is 0 Å². The van der Waals surface area contributed by atoms with Crippen LogP contribution in [0.3, 0.4) is 0 Å². The maximum atomic E-state index is 12.2. The van der Waals surface area contributed by atoms with Crippen molar-refractivity contribution < 1.29 is 14.7 Å². The molecule has 0 aromatic carbocycles. The van der Waals surface area contributed by atoms with Gasteiger partial charge < -0.3 is 15.4 Å². The maximum absolute atomic E-state index is 12.2. The van der Waals surface area contributed by atoms with Crippen molar-refractivity contribution >= 4 is 11.9 Å². The van der Waals surface area contributed by atoms with Gasteiger partial charge in [0.2, 0.25) is 5.91 Å². The Balaban J connectivity index is 1.57. The van der Waals surface area contributed by atoms with Gasteiger partial charge in [-0.05, 0) is 19.8 Å². The van der Waals surface area contributed by atoms with Gasteiger partial charge in [-0.2, -0.15) is 0 Å². The molecule has 7 heteroatoms. The van der Waals surface area contributed by atoms with Gasteiger partial charge in [-0.15, -0.1) is 0 Å². The highest BCUT2D eigenvalue weighted by molar-refractivity contribution is 5.84. The van der Waals surface area contributed by atoms with Gasteiger partial charge in [0.05, 0.1) is 12.0 Å². The molecular weight excluding hydrogens is 368 g/mol. The molecule has 1 fully saturated rings. The van der Waals surface area contributed by atoms with Crippen molar-refractivity contribution in [2.24, 2.45) is 0 Å². The second kappa shape index (κ2) is 12.0. The second-order valence-electron chi connectivity index (χ2n) is 8.49. The highest BCUT2D eigenvalue weighted by atomic mass is 16.4. The molecule has 0 aliphatic carbocycles. The van der Waals surface area contributed by atoms with Crippen LogP contribution in [0.2, 0.25) is 0 Å². The third-order valence-electron chi connectivity index (χ3n) is 5.84. The minimum absolute atomic E-state index is 0.0565. The van der Waals surface area contributed by atoms with Gasteiger partial charge in [-0.1, -0.05) is 58.3 Å². The average Bonchev–Trinajstić information content (AvgIpc) is 3.10. The molecule has 1 amide bonds. The summed E-state index contributed by atoms with van der Waals surface area (Å²) < 4.78 is 0. The molecule has 1 aromatic rings. The lowest BCUT2D eigenvalue weighted by Gasteiger charge is -2.15. The Morgan fingerprint density at radius 2 is 1.83 bits per heavy atom. The van der Waals surface area contributed by atoms with Gasteiger partial charge >= 0.3 is 5.97 Å².